The monoisotopic (exact) mass is 947 g/mol. The third kappa shape index (κ3) is 11.5. The number of pyridine rings is 1. The minimum absolute atomic E-state index is 0.00982. The number of aromatic hydroxyl groups is 1. The maximum atomic E-state index is 14.8. The number of nitrogens with zero attached hydrogens (tertiary/aromatic N) is 6. The smallest absolute Gasteiger partial charge is 0.324 e. The first kappa shape index (κ1) is 50.8. The summed E-state index contributed by atoms with van der Waals surface area (Å²) in [7, 11) is 7.10. The van der Waals surface area contributed by atoms with E-state index in [4.69, 9.17) is 9.47 Å². The van der Waals surface area contributed by atoms with Gasteiger partial charge in [-0.1, -0.05) is 45.9 Å². The average Bonchev–Trinajstić information content (AvgIpc) is 3.93. The van der Waals surface area contributed by atoms with Gasteiger partial charge in [-0.3, -0.25) is 34.0 Å². The molecule has 6 bridgehead atoms. The number of methoxy groups -OCH3 is 1. The molecule has 0 saturated carbocycles. The Labute approximate surface area is 406 Å². The van der Waals surface area contributed by atoms with Crippen LogP contribution in [0.5, 0.6) is 5.75 Å². The molecule has 3 aliphatic rings. The van der Waals surface area contributed by atoms with E-state index >= 15 is 0 Å². The van der Waals surface area contributed by atoms with E-state index in [2.05, 4.69) is 53.2 Å². The molecule has 4 amide bonds. The van der Waals surface area contributed by atoms with Gasteiger partial charge in [0.25, 0.3) is 5.91 Å². The first-order valence-corrected chi connectivity index (χ1v) is 24.2. The minimum Gasteiger partial charge on any atom is -0.508 e. The van der Waals surface area contributed by atoms with Crippen molar-refractivity contribution in [1.29, 1.82) is 0 Å². The van der Waals surface area contributed by atoms with Gasteiger partial charge in [-0.25, -0.2) is 5.43 Å². The lowest BCUT2D eigenvalue weighted by Gasteiger charge is -2.37. The van der Waals surface area contributed by atoms with Gasteiger partial charge in [-0.15, -0.1) is 0 Å². The number of aromatic nitrogens is 2. The number of carbonyl (C=O) groups excluding carboxylic acids is 5. The third-order valence-corrected chi connectivity index (χ3v) is 13.6. The average molecular weight is 947 g/mol. The number of fused-ring (bicyclic) bond motifs is 6. The second kappa shape index (κ2) is 21.7. The van der Waals surface area contributed by atoms with Crippen LogP contribution in [0.1, 0.15) is 70.6 Å². The SMILES string of the molecule is CCn1c(-c2cnccc2COC)c2c3cc(ccc31)-c1cc(O)cc(c1)C[C@H](NC(=O)C(C(C)C)N(C)C(=O)[C@H]1CCN(C(=O)/C=C/CN(C)C)C1)C(=O)N1CCC[C@H](N1)C(=O)OCC(C)(C)C2. The van der Waals surface area contributed by atoms with Crippen molar-refractivity contribution < 1.29 is 38.6 Å². The van der Waals surface area contributed by atoms with Crippen LogP contribution in [0, 0.1) is 17.3 Å². The number of amides is 4. The minimum atomic E-state index is -1.17. The number of carbonyl (C=O) groups is 5. The second-order valence-electron chi connectivity index (χ2n) is 20.3. The summed E-state index contributed by atoms with van der Waals surface area (Å²) in [5, 5.41) is 16.8. The highest BCUT2D eigenvalue weighted by Gasteiger charge is 2.40. The molecule has 2 saturated heterocycles. The van der Waals surface area contributed by atoms with Gasteiger partial charge < -0.3 is 39.2 Å². The highest BCUT2D eigenvalue weighted by atomic mass is 16.5. The van der Waals surface area contributed by atoms with Crippen molar-refractivity contribution in [2.75, 3.05) is 61.0 Å². The lowest BCUT2D eigenvalue weighted by molar-refractivity contribution is -0.155. The lowest BCUT2D eigenvalue weighted by atomic mass is 9.84. The Hall–Kier alpha value is -6.10. The lowest BCUT2D eigenvalue weighted by Crippen LogP contribution is -2.62. The summed E-state index contributed by atoms with van der Waals surface area (Å²) in [6, 6.07) is 10.5. The number of hydrogen-bond donors (Lipinski definition) is 3. The molecule has 0 aliphatic carbocycles. The molecule has 69 heavy (non-hydrogen) atoms. The number of nitrogens with one attached hydrogen (secondary N) is 2. The van der Waals surface area contributed by atoms with Crippen molar-refractivity contribution in [3.05, 3.63) is 83.7 Å². The van der Waals surface area contributed by atoms with E-state index < -0.39 is 47.2 Å². The number of esters is 1. The van der Waals surface area contributed by atoms with E-state index in [9.17, 15) is 29.1 Å². The number of likely N-dealkylation sites (tertiary alicyclic amines) is 1. The van der Waals surface area contributed by atoms with Gasteiger partial charge in [0.1, 0.15) is 23.9 Å². The molecular weight excluding hydrogens is 877 g/mol. The van der Waals surface area contributed by atoms with E-state index in [0.717, 1.165) is 44.4 Å². The molecule has 370 valence electrons. The number of rotatable bonds is 12. The summed E-state index contributed by atoms with van der Waals surface area (Å²) in [5.41, 5.74) is 9.74. The Morgan fingerprint density at radius 2 is 1.84 bits per heavy atom. The zero-order valence-electron chi connectivity index (χ0n) is 41.7. The molecule has 0 spiro atoms. The summed E-state index contributed by atoms with van der Waals surface area (Å²) in [4.78, 5) is 80.0. The van der Waals surface area contributed by atoms with Crippen LogP contribution < -0.4 is 10.7 Å². The van der Waals surface area contributed by atoms with Crippen molar-refractivity contribution in [3.63, 3.8) is 0 Å². The molecule has 2 aromatic carbocycles. The van der Waals surface area contributed by atoms with Gasteiger partial charge in [-0.2, -0.15) is 0 Å². The van der Waals surface area contributed by atoms with Crippen molar-refractivity contribution in [3.8, 4) is 28.1 Å². The normalized spacial score (nSPS) is 20.4. The van der Waals surface area contributed by atoms with E-state index in [0.29, 0.717) is 57.5 Å². The van der Waals surface area contributed by atoms with Crippen LogP contribution in [0.15, 0.2) is 67.0 Å². The maximum absolute atomic E-state index is 14.8. The Bertz CT molecular complexity index is 2580. The molecule has 7 rings (SSSR count). The molecule has 16 nitrogen and oxygen atoms in total. The van der Waals surface area contributed by atoms with E-state index in [-0.39, 0.29) is 49.6 Å². The number of ether oxygens (including phenoxy) is 2. The topological polar surface area (TPSA) is 179 Å². The Kier molecular flexibility index (Phi) is 16.0. The highest BCUT2D eigenvalue weighted by Crippen LogP contribution is 2.41. The van der Waals surface area contributed by atoms with Crippen LogP contribution >= 0.6 is 0 Å². The zero-order chi connectivity index (χ0) is 49.7. The number of likely N-dealkylation sites (N-methyl/N-ethyl adjacent to an activating group) is 2. The van der Waals surface area contributed by atoms with Gasteiger partial charge in [0.15, 0.2) is 0 Å². The van der Waals surface area contributed by atoms with Crippen LogP contribution in [0.4, 0.5) is 0 Å². The number of hydrazine groups is 1. The quantitative estimate of drug-likeness (QED) is 0.123. The molecule has 1 unspecified atom stereocenters. The summed E-state index contributed by atoms with van der Waals surface area (Å²) < 4.78 is 14.0. The maximum Gasteiger partial charge on any atom is 0.324 e. The van der Waals surface area contributed by atoms with Crippen molar-refractivity contribution in [2.45, 2.75) is 98.0 Å². The standard InChI is InChI=1S/C53H70N8O8/c1-10-60-45-16-15-35-27-40(45)41(48(60)42-29-54-19-17-37(42)31-68-9)28-53(4,5)32-69-52(67)43-13-11-21-61(56-43)51(66)44(25-34-23-38(35)26-39(62)24-34)55-49(64)47(33(2)3)58(8)50(65)36-18-22-59(30-36)46(63)14-12-20-57(6)7/h12,14-17,19,23-24,26-27,29,33,36,43-44,47,56,62H,10-11,13,18,20-22,25,28,30-32H2,1-9H3,(H,55,64)/b14-12+/t36-,43-,44-,47?/m0/s1. The van der Waals surface area contributed by atoms with Crippen molar-refractivity contribution >= 4 is 40.5 Å². The summed E-state index contributed by atoms with van der Waals surface area (Å²) in [6.45, 7) is 12.7. The number of hydrogen-bond acceptors (Lipinski definition) is 11. The summed E-state index contributed by atoms with van der Waals surface area (Å²) in [6.07, 6.45) is 8.92. The first-order chi connectivity index (χ1) is 32.9. The molecule has 0 radical (unpaired) electrons. The zero-order valence-corrected chi connectivity index (χ0v) is 41.7. The van der Waals surface area contributed by atoms with Gasteiger partial charge in [0, 0.05) is 93.7 Å². The molecule has 3 N–H and O–H groups in total. The number of benzene rings is 2. The van der Waals surface area contributed by atoms with E-state index in [1.807, 2.05) is 57.2 Å². The predicted octanol–water partition coefficient (Wildman–Crippen LogP) is 5.34. The summed E-state index contributed by atoms with van der Waals surface area (Å²) in [5.74, 6) is -2.75. The molecule has 2 fully saturated rings. The molecule has 4 aromatic rings. The molecule has 5 heterocycles. The number of phenolic OH excluding ortho intramolecular Hbond substituents is 1. The molecule has 16 heteroatoms. The van der Waals surface area contributed by atoms with Gasteiger partial charge in [0.2, 0.25) is 17.7 Å². The number of phenols is 1. The van der Waals surface area contributed by atoms with E-state index in [1.165, 1.54) is 16.0 Å². The fourth-order valence-corrected chi connectivity index (χ4v) is 10.2. The second-order valence-corrected chi connectivity index (χ2v) is 20.3. The van der Waals surface area contributed by atoms with Crippen LogP contribution in [-0.2, 0) is 59.4 Å². The Morgan fingerprint density at radius 3 is 2.57 bits per heavy atom. The third-order valence-electron chi connectivity index (χ3n) is 13.6. The largest absolute Gasteiger partial charge is 0.508 e. The molecule has 3 aliphatic heterocycles. The van der Waals surface area contributed by atoms with Crippen LogP contribution in [0.3, 0.4) is 0 Å². The molecule has 4 atom stereocenters. The summed E-state index contributed by atoms with van der Waals surface area (Å²) >= 11 is 0. The van der Waals surface area contributed by atoms with Crippen LogP contribution in [0.2, 0.25) is 0 Å². The predicted molar refractivity (Wildman–Crippen MR) is 264 cm³/mol. The fourth-order valence-electron chi connectivity index (χ4n) is 10.2. The fraction of sp³-hybridized carbons (Fsp3) is 0.509. The molecule has 2 aromatic heterocycles. The number of cyclic esters (lactones) is 1. The van der Waals surface area contributed by atoms with Gasteiger partial charge in [0.05, 0.1) is 24.8 Å². The van der Waals surface area contributed by atoms with Gasteiger partial charge >= 0.3 is 5.97 Å². The van der Waals surface area contributed by atoms with Crippen LogP contribution in [0.25, 0.3) is 33.3 Å². The Morgan fingerprint density at radius 1 is 1.06 bits per heavy atom. The van der Waals surface area contributed by atoms with E-state index in [1.54, 1.807) is 43.5 Å². The first-order valence-electron chi connectivity index (χ1n) is 24.2. The van der Waals surface area contributed by atoms with Gasteiger partial charge in [-0.05, 0) is 111 Å². The molecular formula is C53H70N8O8. The number of aryl methyl sites for hydroxylation is 1. The van der Waals surface area contributed by atoms with Crippen LogP contribution in [-0.4, -0.2) is 143 Å². The van der Waals surface area contributed by atoms with Crippen molar-refractivity contribution in [2.24, 2.45) is 17.3 Å². The Balaban J connectivity index is 1.25. The van der Waals surface area contributed by atoms with Crippen molar-refractivity contribution in [1.82, 2.24) is 40.0 Å². The highest BCUT2D eigenvalue weighted by molar-refractivity contribution is 5.96.